The lowest BCUT2D eigenvalue weighted by atomic mass is 10.1. The molecule has 0 aliphatic heterocycles. The predicted octanol–water partition coefficient (Wildman–Crippen LogP) is 3.70. The Morgan fingerprint density at radius 3 is 2.83 bits per heavy atom. The maximum atomic E-state index is 13.6. The summed E-state index contributed by atoms with van der Waals surface area (Å²) < 4.78 is 13.6. The summed E-state index contributed by atoms with van der Waals surface area (Å²) in [6.45, 7) is 4.73. The van der Waals surface area contributed by atoms with Gasteiger partial charge in [0.05, 0.1) is 10.7 Å². The molecule has 0 bridgehead atoms. The van der Waals surface area contributed by atoms with Crippen molar-refractivity contribution in [1.82, 2.24) is 10.3 Å². The van der Waals surface area contributed by atoms with Crippen LogP contribution in [0.5, 0.6) is 0 Å². The number of hydrogen-bond donors (Lipinski definition) is 1. The van der Waals surface area contributed by atoms with Gasteiger partial charge in [0.15, 0.2) is 0 Å². The molecule has 0 saturated heterocycles. The summed E-state index contributed by atoms with van der Waals surface area (Å²) >= 11 is 1.67. The molecule has 0 fully saturated rings. The fourth-order valence-corrected chi connectivity index (χ4v) is 2.53. The average molecular weight is 264 g/mol. The Balaban J connectivity index is 1.96. The highest BCUT2D eigenvalue weighted by atomic mass is 32.1. The zero-order chi connectivity index (χ0) is 13.0. The molecule has 0 amide bonds. The van der Waals surface area contributed by atoms with Gasteiger partial charge < -0.3 is 5.32 Å². The minimum atomic E-state index is -0.162. The number of thiazole rings is 1. The Labute approximate surface area is 111 Å². The number of nitrogens with one attached hydrogen (secondary N) is 1. The number of rotatable bonds is 5. The summed E-state index contributed by atoms with van der Waals surface area (Å²) in [6.07, 6.45) is 0.966. The average Bonchev–Trinajstić information content (AvgIpc) is 2.84. The van der Waals surface area contributed by atoms with E-state index >= 15 is 0 Å². The first-order valence-electron chi connectivity index (χ1n) is 6.11. The van der Waals surface area contributed by atoms with Crippen molar-refractivity contribution < 1.29 is 4.39 Å². The van der Waals surface area contributed by atoms with Crippen molar-refractivity contribution in [2.45, 2.75) is 32.9 Å². The van der Waals surface area contributed by atoms with Gasteiger partial charge in [0.1, 0.15) is 5.82 Å². The summed E-state index contributed by atoms with van der Waals surface area (Å²) in [5.41, 5.74) is 1.73. The van der Waals surface area contributed by atoms with Gasteiger partial charge in [-0.3, -0.25) is 0 Å². The molecule has 0 saturated carbocycles. The summed E-state index contributed by atoms with van der Waals surface area (Å²) in [5, 5.41) is 6.50. The van der Waals surface area contributed by atoms with Crippen LogP contribution in [0.15, 0.2) is 29.6 Å². The van der Waals surface area contributed by atoms with Crippen LogP contribution in [0.2, 0.25) is 0 Å². The number of hydrogen-bond acceptors (Lipinski definition) is 3. The largest absolute Gasteiger partial charge is 0.304 e. The Kier molecular flexibility index (Phi) is 4.44. The number of benzene rings is 1. The molecular weight excluding hydrogens is 247 g/mol. The van der Waals surface area contributed by atoms with Crippen molar-refractivity contribution in [1.29, 1.82) is 0 Å². The van der Waals surface area contributed by atoms with Gasteiger partial charge in [0.25, 0.3) is 0 Å². The molecule has 2 aromatic rings. The second-order valence-electron chi connectivity index (χ2n) is 4.21. The number of aromatic nitrogens is 1. The highest BCUT2D eigenvalue weighted by Gasteiger charge is 2.10. The van der Waals surface area contributed by atoms with Crippen LogP contribution in [0.1, 0.15) is 36.2 Å². The van der Waals surface area contributed by atoms with E-state index in [-0.39, 0.29) is 11.9 Å². The van der Waals surface area contributed by atoms with Crippen molar-refractivity contribution >= 4 is 11.3 Å². The third-order valence-electron chi connectivity index (χ3n) is 2.86. The maximum absolute atomic E-state index is 13.6. The fraction of sp³-hybridized carbons (Fsp3) is 0.357. The van der Waals surface area contributed by atoms with Crippen LogP contribution in [-0.2, 0) is 13.0 Å². The summed E-state index contributed by atoms with van der Waals surface area (Å²) in [4.78, 5) is 4.48. The molecule has 1 aromatic heterocycles. The van der Waals surface area contributed by atoms with Crippen LogP contribution in [-0.4, -0.2) is 4.98 Å². The van der Waals surface area contributed by atoms with E-state index in [0.29, 0.717) is 12.1 Å². The molecule has 18 heavy (non-hydrogen) atoms. The van der Waals surface area contributed by atoms with Gasteiger partial charge in [-0.05, 0) is 19.4 Å². The quantitative estimate of drug-likeness (QED) is 0.890. The lowest BCUT2D eigenvalue weighted by Crippen LogP contribution is -2.19. The van der Waals surface area contributed by atoms with Gasteiger partial charge in [-0.15, -0.1) is 11.3 Å². The zero-order valence-corrected chi connectivity index (χ0v) is 11.4. The van der Waals surface area contributed by atoms with Gasteiger partial charge in [-0.2, -0.15) is 0 Å². The molecule has 1 N–H and O–H groups in total. The molecule has 0 aliphatic carbocycles. The Hall–Kier alpha value is -1.26. The Morgan fingerprint density at radius 2 is 2.17 bits per heavy atom. The van der Waals surface area contributed by atoms with Crippen molar-refractivity contribution in [3.63, 3.8) is 0 Å². The van der Waals surface area contributed by atoms with Gasteiger partial charge >= 0.3 is 0 Å². The lowest BCUT2D eigenvalue weighted by molar-refractivity contribution is 0.525. The van der Waals surface area contributed by atoms with Crippen molar-refractivity contribution in [2.75, 3.05) is 0 Å². The SMILES string of the molecule is CCc1nc(CNC(C)c2ccccc2F)cs1. The first-order valence-corrected chi connectivity index (χ1v) is 6.99. The Bertz CT molecular complexity index is 510. The molecule has 2 nitrogen and oxygen atoms in total. The highest BCUT2D eigenvalue weighted by Crippen LogP contribution is 2.17. The van der Waals surface area contributed by atoms with Crippen molar-refractivity contribution in [3.05, 3.63) is 51.7 Å². The van der Waals surface area contributed by atoms with Gasteiger partial charge in [0.2, 0.25) is 0 Å². The number of halogens is 1. The van der Waals surface area contributed by atoms with Crippen LogP contribution in [0, 0.1) is 5.82 Å². The van der Waals surface area contributed by atoms with Gasteiger partial charge in [-0.1, -0.05) is 25.1 Å². The standard InChI is InChI=1S/C14H17FN2S/c1-3-14-17-11(9-18-14)8-16-10(2)12-6-4-5-7-13(12)15/h4-7,9-10,16H,3,8H2,1-2H3. The number of nitrogens with zero attached hydrogens (tertiary/aromatic N) is 1. The summed E-state index contributed by atoms with van der Waals surface area (Å²) in [6, 6.07) is 6.85. The Morgan fingerprint density at radius 1 is 1.39 bits per heavy atom. The van der Waals surface area contributed by atoms with E-state index in [1.54, 1.807) is 17.4 Å². The highest BCUT2D eigenvalue weighted by molar-refractivity contribution is 7.09. The molecule has 1 aromatic carbocycles. The predicted molar refractivity (Wildman–Crippen MR) is 73.1 cm³/mol. The molecule has 4 heteroatoms. The zero-order valence-electron chi connectivity index (χ0n) is 10.6. The van der Waals surface area contributed by atoms with Crippen molar-refractivity contribution in [2.24, 2.45) is 0 Å². The second kappa shape index (κ2) is 6.07. The number of aryl methyl sites for hydroxylation is 1. The van der Waals surface area contributed by atoms with E-state index < -0.39 is 0 Å². The molecule has 2 rings (SSSR count). The minimum Gasteiger partial charge on any atom is -0.304 e. The van der Waals surface area contributed by atoms with Crippen LogP contribution in [0.4, 0.5) is 4.39 Å². The maximum Gasteiger partial charge on any atom is 0.127 e. The minimum absolute atomic E-state index is 0.0158. The van der Waals surface area contributed by atoms with E-state index in [1.807, 2.05) is 19.1 Å². The molecule has 96 valence electrons. The first-order chi connectivity index (χ1) is 8.70. The summed E-state index contributed by atoms with van der Waals surface area (Å²) in [7, 11) is 0. The van der Waals surface area contributed by atoms with E-state index in [4.69, 9.17) is 0 Å². The molecule has 0 radical (unpaired) electrons. The van der Waals surface area contributed by atoms with E-state index in [1.165, 1.54) is 6.07 Å². The van der Waals surface area contributed by atoms with Crippen LogP contribution < -0.4 is 5.32 Å². The first kappa shape index (κ1) is 13.2. The van der Waals surface area contributed by atoms with Crippen LogP contribution in [0.3, 0.4) is 0 Å². The van der Waals surface area contributed by atoms with Gasteiger partial charge in [0, 0.05) is 23.5 Å². The normalized spacial score (nSPS) is 12.6. The molecule has 0 aliphatic rings. The van der Waals surface area contributed by atoms with E-state index in [9.17, 15) is 4.39 Å². The third kappa shape index (κ3) is 3.15. The smallest absolute Gasteiger partial charge is 0.127 e. The van der Waals surface area contributed by atoms with Crippen molar-refractivity contribution in [3.8, 4) is 0 Å². The second-order valence-corrected chi connectivity index (χ2v) is 5.15. The van der Waals surface area contributed by atoms with E-state index in [0.717, 1.165) is 17.1 Å². The molecular formula is C14H17FN2S. The lowest BCUT2D eigenvalue weighted by Gasteiger charge is -2.13. The molecule has 0 spiro atoms. The van der Waals surface area contributed by atoms with Crippen LogP contribution in [0.25, 0.3) is 0 Å². The topological polar surface area (TPSA) is 24.9 Å². The monoisotopic (exact) mass is 264 g/mol. The molecule has 1 heterocycles. The summed E-state index contributed by atoms with van der Waals surface area (Å²) in [5.74, 6) is -0.162. The van der Waals surface area contributed by atoms with E-state index in [2.05, 4.69) is 22.6 Å². The fourth-order valence-electron chi connectivity index (χ4n) is 1.79. The van der Waals surface area contributed by atoms with Crippen LogP contribution >= 0.6 is 11.3 Å². The molecule has 1 atom stereocenters. The van der Waals surface area contributed by atoms with Gasteiger partial charge in [-0.25, -0.2) is 9.37 Å². The third-order valence-corrected chi connectivity index (χ3v) is 3.90. The molecule has 1 unspecified atom stereocenters.